The van der Waals surface area contributed by atoms with E-state index in [9.17, 15) is 12.8 Å². The fraction of sp³-hybridized carbons (Fsp3) is 0.143. The molecular formula is C14H13BrFNO2S. The van der Waals surface area contributed by atoms with Crippen LogP contribution in [0, 0.1) is 19.7 Å². The first-order valence-electron chi connectivity index (χ1n) is 5.85. The zero-order valence-corrected chi connectivity index (χ0v) is 13.3. The Labute approximate surface area is 126 Å². The molecular weight excluding hydrogens is 345 g/mol. The van der Waals surface area contributed by atoms with Crippen molar-refractivity contribution >= 4 is 31.6 Å². The highest BCUT2D eigenvalue weighted by atomic mass is 79.9. The van der Waals surface area contributed by atoms with E-state index in [-0.39, 0.29) is 4.90 Å². The summed E-state index contributed by atoms with van der Waals surface area (Å²) in [5, 5.41) is 0. The van der Waals surface area contributed by atoms with Crippen molar-refractivity contribution in [2.24, 2.45) is 0 Å². The summed E-state index contributed by atoms with van der Waals surface area (Å²) >= 11 is 3.35. The van der Waals surface area contributed by atoms with Gasteiger partial charge in [-0.05, 0) is 61.4 Å². The molecule has 6 heteroatoms. The van der Waals surface area contributed by atoms with Crippen LogP contribution in [0.15, 0.2) is 45.8 Å². The molecule has 20 heavy (non-hydrogen) atoms. The van der Waals surface area contributed by atoms with Crippen LogP contribution in [0.2, 0.25) is 0 Å². The standard InChI is InChI=1S/C14H13BrFNO2S/c1-9-8-12(4-5-13(9)15)17-20(18,19)14-6-3-11(16)7-10(14)2/h3-8,17H,1-2H3. The topological polar surface area (TPSA) is 46.2 Å². The van der Waals surface area contributed by atoms with E-state index in [1.165, 1.54) is 12.1 Å². The molecule has 0 fully saturated rings. The second kappa shape index (κ2) is 5.54. The first-order valence-corrected chi connectivity index (χ1v) is 8.12. The van der Waals surface area contributed by atoms with Crippen molar-refractivity contribution in [2.45, 2.75) is 18.7 Å². The number of nitrogens with one attached hydrogen (secondary N) is 1. The third kappa shape index (κ3) is 3.19. The van der Waals surface area contributed by atoms with Gasteiger partial charge in [-0.15, -0.1) is 0 Å². The lowest BCUT2D eigenvalue weighted by atomic mass is 10.2. The molecule has 0 aliphatic heterocycles. The van der Waals surface area contributed by atoms with E-state index in [2.05, 4.69) is 20.7 Å². The summed E-state index contributed by atoms with van der Waals surface area (Å²) in [6.07, 6.45) is 0. The summed E-state index contributed by atoms with van der Waals surface area (Å²) in [5.41, 5.74) is 1.75. The maximum absolute atomic E-state index is 13.0. The molecule has 3 nitrogen and oxygen atoms in total. The molecule has 1 N–H and O–H groups in total. The fourth-order valence-corrected chi connectivity index (χ4v) is 3.36. The van der Waals surface area contributed by atoms with E-state index in [0.717, 1.165) is 16.1 Å². The third-order valence-corrected chi connectivity index (χ3v) is 5.27. The Balaban J connectivity index is 2.38. The van der Waals surface area contributed by atoms with Crippen LogP contribution in [0.5, 0.6) is 0 Å². The Morgan fingerprint density at radius 1 is 1.05 bits per heavy atom. The molecule has 0 bridgehead atoms. The number of benzene rings is 2. The van der Waals surface area contributed by atoms with Crippen LogP contribution in [0.4, 0.5) is 10.1 Å². The van der Waals surface area contributed by atoms with Crippen molar-refractivity contribution in [2.75, 3.05) is 4.72 Å². The summed E-state index contributed by atoms with van der Waals surface area (Å²) in [6, 6.07) is 8.74. The van der Waals surface area contributed by atoms with Gasteiger partial charge < -0.3 is 0 Å². The highest BCUT2D eigenvalue weighted by Gasteiger charge is 2.17. The van der Waals surface area contributed by atoms with Crippen molar-refractivity contribution in [3.8, 4) is 0 Å². The van der Waals surface area contributed by atoms with Gasteiger partial charge >= 0.3 is 0 Å². The summed E-state index contributed by atoms with van der Waals surface area (Å²) in [7, 11) is -3.72. The van der Waals surface area contributed by atoms with Gasteiger partial charge in [-0.25, -0.2) is 12.8 Å². The number of aryl methyl sites for hydroxylation is 2. The molecule has 0 radical (unpaired) electrons. The van der Waals surface area contributed by atoms with E-state index in [1.807, 2.05) is 6.92 Å². The number of halogens is 2. The van der Waals surface area contributed by atoms with Crippen LogP contribution in [-0.2, 0) is 10.0 Å². The first-order chi connectivity index (χ1) is 9.29. The molecule has 2 aromatic rings. The van der Waals surface area contributed by atoms with Crippen molar-refractivity contribution in [3.05, 3.63) is 57.8 Å². The molecule has 0 spiro atoms. The van der Waals surface area contributed by atoms with Crippen LogP contribution in [0.25, 0.3) is 0 Å². The zero-order valence-electron chi connectivity index (χ0n) is 10.9. The van der Waals surface area contributed by atoms with Crippen molar-refractivity contribution in [3.63, 3.8) is 0 Å². The summed E-state index contributed by atoms with van der Waals surface area (Å²) in [6.45, 7) is 3.43. The minimum absolute atomic E-state index is 0.0690. The van der Waals surface area contributed by atoms with E-state index in [4.69, 9.17) is 0 Å². The zero-order chi connectivity index (χ0) is 14.9. The van der Waals surface area contributed by atoms with Gasteiger partial charge in [-0.1, -0.05) is 15.9 Å². The van der Waals surface area contributed by atoms with Crippen LogP contribution >= 0.6 is 15.9 Å². The second-order valence-corrected chi connectivity index (χ2v) is 6.98. The molecule has 0 saturated carbocycles. The molecule has 0 aromatic heterocycles. The lowest BCUT2D eigenvalue weighted by molar-refractivity contribution is 0.598. The molecule has 2 rings (SSSR count). The third-order valence-electron chi connectivity index (χ3n) is 2.84. The smallest absolute Gasteiger partial charge is 0.262 e. The Bertz CT molecular complexity index is 760. The molecule has 0 unspecified atom stereocenters. The molecule has 0 aliphatic carbocycles. The van der Waals surface area contributed by atoms with Crippen molar-refractivity contribution < 1.29 is 12.8 Å². The highest BCUT2D eigenvalue weighted by molar-refractivity contribution is 9.10. The van der Waals surface area contributed by atoms with Gasteiger partial charge in [0.1, 0.15) is 5.82 Å². The van der Waals surface area contributed by atoms with E-state index >= 15 is 0 Å². The van der Waals surface area contributed by atoms with Gasteiger partial charge in [0.05, 0.1) is 4.90 Å². The maximum atomic E-state index is 13.0. The number of hydrogen-bond acceptors (Lipinski definition) is 2. The maximum Gasteiger partial charge on any atom is 0.262 e. The quantitative estimate of drug-likeness (QED) is 0.901. The Morgan fingerprint density at radius 3 is 2.35 bits per heavy atom. The average Bonchev–Trinajstić information content (AvgIpc) is 2.33. The van der Waals surface area contributed by atoms with Crippen LogP contribution in [0.3, 0.4) is 0 Å². The minimum Gasteiger partial charge on any atom is -0.280 e. The minimum atomic E-state index is -3.72. The van der Waals surface area contributed by atoms with Gasteiger partial charge in [0.15, 0.2) is 0 Å². The molecule has 106 valence electrons. The summed E-state index contributed by atoms with van der Waals surface area (Å²) in [5.74, 6) is -0.457. The largest absolute Gasteiger partial charge is 0.280 e. The molecule has 0 saturated heterocycles. The van der Waals surface area contributed by atoms with Gasteiger partial charge in [0.25, 0.3) is 10.0 Å². The van der Waals surface area contributed by atoms with E-state index in [0.29, 0.717) is 11.3 Å². The van der Waals surface area contributed by atoms with Crippen LogP contribution < -0.4 is 4.72 Å². The van der Waals surface area contributed by atoms with Gasteiger partial charge in [0.2, 0.25) is 0 Å². The van der Waals surface area contributed by atoms with Gasteiger partial charge in [-0.2, -0.15) is 0 Å². The number of hydrogen-bond donors (Lipinski definition) is 1. The Morgan fingerprint density at radius 2 is 1.75 bits per heavy atom. The predicted octanol–water partition coefficient (Wildman–Crippen LogP) is 4.01. The fourth-order valence-electron chi connectivity index (χ4n) is 1.83. The Kier molecular flexibility index (Phi) is 4.15. The second-order valence-electron chi connectivity index (χ2n) is 4.48. The normalized spacial score (nSPS) is 11.4. The van der Waals surface area contributed by atoms with Crippen LogP contribution in [-0.4, -0.2) is 8.42 Å². The molecule has 2 aromatic carbocycles. The lowest BCUT2D eigenvalue weighted by Gasteiger charge is -2.11. The summed E-state index contributed by atoms with van der Waals surface area (Å²) < 4.78 is 41.0. The predicted molar refractivity (Wildman–Crippen MR) is 80.8 cm³/mol. The molecule has 0 amide bonds. The lowest BCUT2D eigenvalue weighted by Crippen LogP contribution is -2.14. The monoisotopic (exact) mass is 357 g/mol. The van der Waals surface area contributed by atoms with Gasteiger partial charge in [-0.3, -0.25) is 4.72 Å². The van der Waals surface area contributed by atoms with Crippen LogP contribution in [0.1, 0.15) is 11.1 Å². The SMILES string of the molecule is Cc1cc(NS(=O)(=O)c2ccc(F)cc2C)ccc1Br. The number of rotatable bonds is 3. The van der Waals surface area contributed by atoms with Crippen molar-refractivity contribution in [1.82, 2.24) is 0 Å². The number of anilines is 1. The first kappa shape index (κ1) is 15.0. The summed E-state index contributed by atoms with van der Waals surface area (Å²) in [4.78, 5) is 0.0690. The van der Waals surface area contributed by atoms with Gasteiger partial charge in [0, 0.05) is 10.2 Å². The average molecular weight is 358 g/mol. The molecule has 0 atom stereocenters. The van der Waals surface area contributed by atoms with E-state index < -0.39 is 15.8 Å². The van der Waals surface area contributed by atoms with E-state index in [1.54, 1.807) is 25.1 Å². The molecule has 0 aliphatic rings. The van der Waals surface area contributed by atoms with Crippen molar-refractivity contribution in [1.29, 1.82) is 0 Å². The molecule has 0 heterocycles. The Hall–Kier alpha value is -1.40. The number of sulfonamides is 1. The highest BCUT2D eigenvalue weighted by Crippen LogP contribution is 2.23.